The van der Waals surface area contributed by atoms with Crippen LogP contribution in [0.5, 0.6) is 0 Å². The zero-order chi connectivity index (χ0) is 19.8. The molecule has 1 aliphatic rings. The van der Waals surface area contributed by atoms with E-state index in [0.29, 0.717) is 19.1 Å². The number of hydrogen-bond donors (Lipinski definition) is 3. The maximum atomic E-state index is 11.0. The van der Waals surface area contributed by atoms with Crippen molar-refractivity contribution in [3.63, 3.8) is 0 Å². The minimum Gasteiger partial charge on any atom is -0.369 e. The molecule has 0 unspecified atom stereocenters. The topological polar surface area (TPSA) is 101 Å². The van der Waals surface area contributed by atoms with Gasteiger partial charge in [0.25, 0.3) is 0 Å². The summed E-state index contributed by atoms with van der Waals surface area (Å²) < 4.78 is 2.14. The summed E-state index contributed by atoms with van der Waals surface area (Å²) in [7, 11) is 1.77. The van der Waals surface area contributed by atoms with Crippen molar-refractivity contribution in [1.29, 1.82) is 0 Å². The number of rotatable bonds is 7. The lowest BCUT2D eigenvalue weighted by Gasteiger charge is -2.32. The van der Waals surface area contributed by atoms with Crippen LogP contribution in [0.2, 0.25) is 0 Å². The number of imidazole rings is 1. The molecule has 1 saturated heterocycles. The predicted molar refractivity (Wildman–Crippen MR) is 125 cm³/mol. The second-order valence-electron chi connectivity index (χ2n) is 7.04. The Morgan fingerprint density at radius 3 is 2.66 bits per heavy atom. The van der Waals surface area contributed by atoms with E-state index in [1.54, 1.807) is 7.05 Å². The molecule has 1 fully saturated rings. The van der Waals surface area contributed by atoms with E-state index in [9.17, 15) is 4.79 Å². The quantitative estimate of drug-likeness (QED) is 0.295. The van der Waals surface area contributed by atoms with E-state index in [-0.39, 0.29) is 29.9 Å². The zero-order valence-electron chi connectivity index (χ0n) is 16.8. The number of piperidine rings is 1. The Bertz CT molecular complexity index is 785. The first-order valence-electron chi connectivity index (χ1n) is 9.66. The van der Waals surface area contributed by atoms with Crippen LogP contribution >= 0.6 is 24.0 Å². The molecule has 2 aromatic rings. The van der Waals surface area contributed by atoms with E-state index in [2.05, 4.69) is 42.2 Å². The highest BCUT2D eigenvalue weighted by atomic mass is 127. The number of aromatic nitrogens is 2. The molecule has 2 heterocycles. The summed E-state index contributed by atoms with van der Waals surface area (Å²) in [6.45, 7) is 3.45. The number of guanidine groups is 1. The van der Waals surface area contributed by atoms with Gasteiger partial charge in [0.05, 0.1) is 13.1 Å². The number of nitrogens with one attached hydrogen (secondary N) is 2. The molecule has 0 saturated carbocycles. The van der Waals surface area contributed by atoms with Crippen molar-refractivity contribution in [1.82, 2.24) is 25.1 Å². The molecule has 9 heteroatoms. The highest BCUT2D eigenvalue weighted by molar-refractivity contribution is 14.0. The second kappa shape index (κ2) is 11.8. The van der Waals surface area contributed by atoms with Gasteiger partial charge < -0.3 is 20.9 Å². The molecule has 1 aromatic heterocycles. The van der Waals surface area contributed by atoms with Gasteiger partial charge in [-0.1, -0.05) is 30.3 Å². The molecule has 1 aromatic carbocycles. The third-order valence-electron chi connectivity index (χ3n) is 4.94. The molecule has 3 rings (SSSR count). The van der Waals surface area contributed by atoms with Gasteiger partial charge in [-0.05, 0) is 18.4 Å². The molecular weight excluding hydrogens is 481 g/mol. The zero-order valence-corrected chi connectivity index (χ0v) is 19.1. The van der Waals surface area contributed by atoms with Crippen molar-refractivity contribution >= 4 is 35.8 Å². The second-order valence-corrected chi connectivity index (χ2v) is 7.04. The number of carbonyl (C=O) groups excluding carboxylic acids is 1. The lowest BCUT2D eigenvalue weighted by atomic mass is 10.1. The molecule has 4 N–H and O–H groups in total. The number of halogens is 1. The van der Waals surface area contributed by atoms with Gasteiger partial charge in [0, 0.05) is 45.1 Å². The third kappa shape index (κ3) is 7.32. The monoisotopic (exact) mass is 511 g/mol. The molecular formula is C20H30IN7O. The first-order chi connectivity index (χ1) is 13.6. The fourth-order valence-corrected chi connectivity index (χ4v) is 3.44. The third-order valence-corrected chi connectivity index (χ3v) is 4.94. The Balaban J connectivity index is 0.00000300. The summed E-state index contributed by atoms with van der Waals surface area (Å²) in [6, 6.07) is 10.7. The molecule has 0 atom stereocenters. The van der Waals surface area contributed by atoms with Gasteiger partial charge in [0.15, 0.2) is 5.96 Å². The van der Waals surface area contributed by atoms with Crippen LogP contribution in [0.3, 0.4) is 0 Å². The Morgan fingerprint density at radius 1 is 1.28 bits per heavy atom. The van der Waals surface area contributed by atoms with Gasteiger partial charge in [-0.3, -0.25) is 14.7 Å². The normalized spacial score (nSPS) is 15.6. The molecule has 0 spiro atoms. The fourth-order valence-electron chi connectivity index (χ4n) is 3.44. The number of likely N-dealkylation sites (tertiary alicyclic amines) is 1. The van der Waals surface area contributed by atoms with Crippen molar-refractivity contribution in [2.24, 2.45) is 10.7 Å². The summed E-state index contributed by atoms with van der Waals surface area (Å²) in [5.74, 6) is 1.46. The van der Waals surface area contributed by atoms with Crippen molar-refractivity contribution < 1.29 is 4.79 Å². The summed E-state index contributed by atoms with van der Waals surface area (Å²) in [4.78, 5) is 21.9. The lowest BCUT2D eigenvalue weighted by molar-refractivity contribution is -0.119. The van der Waals surface area contributed by atoms with Crippen LogP contribution in [-0.2, 0) is 17.9 Å². The fraction of sp³-hybridized carbons (Fsp3) is 0.450. The van der Waals surface area contributed by atoms with Gasteiger partial charge in [0.1, 0.15) is 5.82 Å². The van der Waals surface area contributed by atoms with Crippen LogP contribution in [0, 0.1) is 0 Å². The smallest absolute Gasteiger partial charge is 0.231 e. The molecule has 0 bridgehead atoms. The minimum atomic E-state index is -0.269. The summed E-state index contributed by atoms with van der Waals surface area (Å²) in [5.41, 5.74) is 6.52. The van der Waals surface area contributed by atoms with Crippen LogP contribution in [0.25, 0.3) is 0 Å². The van der Waals surface area contributed by atoms with E-state index in [1.807, 2.05) is 30.6 Å². The van der Waals surface area contributed by atoms with Crippen LogP contribution in [0.1, 0.15) is 24.2 Å². The van der Waals surface area contributed by atoms with E-state index >= 15 is 0 Å². The molecule has 158 valence electrons. The predicted octanol–water partition coefficient (Wildman–Crippen LogP) is 1.16. The van der Waals surface area contributed by atoms with Crippen LogP contribution < -0.4 is 16.4 Å². The Morgan fingerprint density at radius 2 is 2.00 bits per heavy atom. The standard InChI is InChI=1S/C20H29N7O.HI/c1-22-20(25-17-7-10-26(11-8-17)15-18(21)28)24-13-19-23-9-12-27(19)14-16-5-3-2-4-6-16;/h2-6,9,12,17H,7-8,10-11,13-15H2,1H3,(H2,21,28)(H2,22,24,25);1H. The van der Waals surface area contributed by atoms with Crippen molar-refractivity contribution in [2.45, 2.75) is 32.0 Å². The first kappa shape index (κ1) is 23.1. The van der Waals surface area contributed by atoms with Gasteiger partial charge in [-0.2, -0.15) is 0 Å². The van der Waals surface area contributed by atoms with E-state index in [4.69, 9.17) is 5.73 Å². The van der Waals surface area contributed by atoms with Crippen LogP contribution in [0.4, 0.5) is 0 Å². The van der Waals surface area contributed by atoms with Crippen molar-refractivity contribution in [2.75, 3.05) is 26.7 Å². The van der Waals surface area contributed by atoms with Crippen molar-refractivity contribution in [3.05, 3.63) is 54.1 Å². The molecule has 0 aliphatic carbocycles. The Kier molecular flexibility index (Phi) is 9.39. The number of nitrogens with zero attached hydrogens (tertiary/aromatic N) is 4. The van der Waals surface area contributed by atoms with E-state index < -0.39 is 0 Å². The minimum absolute atomic E-state index is 0. The molecule has 1 amide bonds. The van der Waals surface area contributed by atoms with Gasteiger partial charge in [-0.15, -0.1) is 24.0 Å². The maximum absolute atomic E-state index is 11.0. The summed E-state index contributed by atoms with van der Waals surface area (Å²) in [6.07, 6.45) is 5.73. The maximum Gasteiger partial charge on any atom is 0.231 e. The number of nitrogens with two attached hydrogens (primary N) is 1. The highest BCUT2D eigenvalue weighted by Crippen LogP contribution is 2.10. The number of hydrogen-bond acceptors (Lipinski definition) is 4. The van der Waals surface area contributed by atoms with Crippen LogP contribution in [0.15, 0.2) is 47.7 Å². The summed E-state index contributed by atoms with van der Waals surface area (Å²) in [5, 5.41) is 6.83. The van der Waals surface area contributed by atoms with E-state index in [0.717, 1.165) is 44.3 Å². The van der Waals surface area contributed by atoms with Gasteiger partial charge in [-0.25, -0.2) is 4.98 Å². The summed E-state index contributed by atoms with van der Waals surface area (Å²) >= 11 is 0. The van der Waals surface area contributed by atoms with Gasteiger partial charge in [0.2, 0.25) is 5.91 Å². The SMILES string of the molecule is CN=C(NCc1nccn1Cc1ccccc1)NC1CCN(CC(N)=O)CC1.I. The number of carbonyl (C=O) groups is 1. The average molecular weight is 511 g/mol. The number of aliphatic imine (C=N–C) groups is 1. The van der Waals surface area contributed by atoms with Gasteiger partial charge >= 0.3 is 0 Å². The number of benzene rings is 1. The number of amides is 1. The average Bonchev–Trinajstić information content (AvgIpc) is 3.14. The molecule has 29 heavy (non-hydrogen) atoms. The van der Waals surface area contributed by atoms with Crippen molar-refractivity contribution in [3.8, 4) is 0 Å². The van der Waals surface area contributed by atoms with Crippen LogP contribution in [-0.4, -0.2) is 59.0 Å². The molecule has 1 aliphatic heterocycles. The Hall–Kier alpha value is -2.14. The largest absolute Gasteiger partial charge is 0.369 e. The first-order valence-corrected chi connectivity index (χ1v) is 9.66. The molecule has 0 radical (unpaired) electrons. The number of primary amides is 1. The van der Waals surface area contributed by atoms with E-state index in [1.165, 1.54) is 5.56 Å². The molecule has 8 nitrogen and oxygen atoms in total. The lowest BCUT2D eigenvalue weighted by Crippen LogP contribution is -2.49. The Labute approximate surface area is 189 Å². The highest BCUT2D eigenvalue weighted by Gasteiger charge is 2.20.